The van der Waals surface area contributed by atoms with Crippen LogP contribution in [0, 0.1) is 12.8 Å². The highest BCUT2D eigenvalue weighted by Crippen LogP contribution is 2.29. The number of nitrogens with zero attached hydrogens (tertiary/aromatic N) is 1. The van der Waals surface area contributed by atoms with Gasteiger partial charge in [0.25, 0.3) is 0 Å². The molecule has 122 valence electrons. The highest BCUT2D eigenvalue weighted by molar-refractivity contribution is 7.15. The first-order valence-corrected chi connectivity index (χ1v) is 9.07. The van der Waals surface area contributed by atoms with Crippen molar-refractivity contribution in [3.05, 3.63) is 39.3 Å². The molecule has 2 aromatic rings. The number of anilines is 2. The van der Waals surface area contributed by atoms with Gasteiger partial charge >= 0.3 is 0 Å². The summed E-state index contributed by atoms with van der Waals surface area (Å²) in [6, 6.07) is 6.02. The van der Waals surface area contributed by atoms with Crippen molar-refractivity contribution in [2.24, 2.45) is 5.92 Å². The van der Waals surface area contributed by atoms with Crippen molar-refractivity contribution < 1.29 is 4.79 Å². The lowest BCUT2D eigenvalue weighted by Crippen LogP contribution is -2.21. The molecular formula is C17H20ClN3OS. The van der Waals surface area contributed by atoms with Gasteiger partial charge in [-0.2, -0.15) is 0 Å². The Labute approximate surface area is 145 Å². The minimum absolute atomic E-state index is 0.134. The van der Waals surface area contributed by atoms with Crippen LogP contribution in [0.2, 0.25) is 4.47 Å². The van der Waals surface area contributed by atoms with E-state index in [1.54, 1.807) is 6.20 Å². The average Bonchev–Trinajstić information content (AvgIpc) is 3.19. The van der Waals surface area contributed by atoms with Crippen molar-refractivity contribution in [2.75, 3.05) is 10.6 Å². The maximum Gasteiger partial charge on any atom is 0.227 e. The topological polar surface area (TPSA) is 54.0 Å². The lowest BCUT2D eigenvalue weighted by Gasteiger charge is -2.16. The van der Waals surface area contributed by atoms with Crippen LogP contribution in [0.15, 0.2) is 24.4 Å². The molecule has 0 saturated heterocycles. The van der Waals surface area contributed by atoms with Gasteiger partial charge in [-0.3, -0.25) is 4.79 Å². The first-order chi connectivity index (χ1) is 11.1. The SMILES string of the molecule is Cc1ccc(NC(=O)C2CCCC2)c(NCc2cnc(Cl)s2)c1. The minimum atomic E-state index is 0.134. The normalized spacial score (nSPS) is 14.9. The van der Waals surface area contributed by atoms with Crippen LogP contribution in [0.3, 0.4) is 0 Å². The van der Waals surface area contributed by atoms with Crippen LogP contribution in [0.25, 0.3) is 0 Å². The number of hydrogen-bond donors (Lipinski definition) is 2. The van der Waals surface area contributed by atoms with Gasteiger partial charge < -0.3 is 10.6 Å². The third-order valence-electron chi connectivity index (χ3n) is 4.14. The van der Waals surface area contributed by atoms with E-state index < -0.39 is 0 Å². The van der Waals surface area contributed by atoms with Crippen LogP contribution in [-0.4, -0.2) is 10.9 Å². The van der Waals surface area contributed by atoms with E-state index >= 15 is 0 Å². The molecule has 1 aliphatic carbocycles. The predicted molar refractivity (Wildman–Crippen MR) is 96.2 cm³/mol. The van der Waals surface area contributed by atoms with E-state index in [-0.39, 0.29) is 11.8 Å². The van der Waals surface area contributed by atoms with Gasteiger partial charge in [-0.15, -0.1) is 11.3 Å². The molecule has 1 saturated carbocycles. The number of rotatable bonds is 5. The van der Waals surface area contributed by atoms with E-state index in [1.807, 2.05) is 25.1 Å². The summed E-state index contributed by atoms with van der Waals surface area (Å²) >= 11 is 7.32. The minimum Gasteiger partial charge on any atom is -0.378 e. The molecule has 0 atom stereocenters. The monoisotopic (exact) mass is 349 g/mol. The number of aromatic nitrogens is 1. The van der Waals surface area contributed by atoms with E-state index in [0.29, 0.717) is 11.0 Å². The van der Waals surface area contributed by atoms with Crippen LogP contribution in [0.1, 0.15) is 36.1 Å². The van der Waals surface area contributed by atoms with Crippen LogP contribution in [0.4, 0.5) is 11.4 Å². The number of nitrogens with one attached hydrogen (secondary N) is 2. The Bertz CT molecular complexity index is 695. The zero-order valence-electron chi connectivity index (χ0n) is 13.1. The second-order valence-electron chi connectivity index (χ2n) is 5.95. The van der Waals surface area contributed by atoms with Gasteiger partial charge in [0.2, 0.25) is 5.91 Å². The van der Waals surface area contributed by atoms with Crippen molar-refractivity contribution in [2.45, 2.75) is 39.2 Å². The van der Waals surface area contributed by atoms with E-state index in [2.05, 4.69) is 15.6 Å². The first kappa shape index (κ1) is 16.3. The number of carbonyl (C=O) groups is 1. The predicted octanol–water partition coefficient (Wildman–Crippen LogP) is 4.85. The summed E-state index contributed by atoms with van der Waals surface area (Å²) in [5.74, 6) is 0.291. The molecule has 0 spiro atoms. The lowest BCUT2D eigenvalue weighted by atomic mass is 10.1. The van der Waals surface area contributed by atoms with Crippen molar-refractivity contribution in [3.63, 3.8) is 0 Å². The Morgan fingerprint density at radius 2 is 2.13 bits per heavy atom. The Morgan fingerprint density at radius 1 is 1.35 bits per heavy atom. The zero-order chi connectivity index (χ0) is 16.2. The van der Waals surface area contributed by atoms with E-state index in [9.17, 15) is 4.79 Å². The maximum atomic E-state index is 12.4. The maximum absolute atomic E-state index is 12.4. The number of hydrogen-bond acceptors (Lipinski definition) is 4. The zero-order valence-corrected chi connectivity index (χ0v) is 14.6. The number of halogens is 1. The highest BCUT2D eigenvalue weighted by atomic mass is 35.5. The van der Waals surface area contributed by atoms with E-state index in [0.717, 1.165) is 47.5 Å². The molecule has 6 heteroatoms. The Kier molecular flexibility index (Phi) is 5.18. The van der Waals surface area contributed by atoms with Crippen molar-refractivity contribution in [1.29, 1.82) is 0 Å². The molecule has 4 nitrogen and oxygen atoms in total. The molecule has 1 aromatic carbocycles. The number of aryl methyl sites for hydroxylation is 1. The fraction of sp³-hybridized carbons (Fsp3) is 0.412. The summed E-state index contributed by atoms with van der Waals surface area (Å²) in [6.45, 7) is 2.68. The molecule has 2 N–H and O–H groups in total. The molecule has 1 heterocycles. The number of thiazole rings is 1. The fourth-order valence-electron chi connectivity index (χ4n) is 2.88. The summed E-state index contributed by atoms with van der Waals surface area (Å²) in [6.07, 6.45) is 6.08. The molecular weight excluding hydrogens is 330 g/mol. The smallest absolute Gasteiger partial charge is 0.227 e. The number of amides is 1. The van der Waals surface area contributed by atoms with Gasteiger partial charge in [-0.05, 0) is 37.5 Å². The standard InChI is InChI=1S/C17H20ClN3OS/c1-11-6-7-14(21-16(22)12-4-2-3-5-12)15(8-11)19-9-13-10-20-17(18)23-13/h6-8,10,12,19H,2-5,9H2,1H3,(H,21,22). The number of benzene rings is 1. The largest absolute Gasteiger partial charge is 0.378 e. The van der Waals surface area contributed by atoms with E-state index in [1.165, 1.54) is 11.3 Å². The third kappa shape index (κ3) is 4.24. The van der Waals surface area contributed by atoms with Crippen molar-refractivity contribution in [3.8, 4) is 0 Å². The molecule has 3 rings (SSSR count). The van der Waals surface area contributed by atoms with Crippen molar-refractivity contribution >= 4 is 40.2 Å². The fourth-order valence-corrected chi connectivity index (χ4v) is 3.80. The van der Waals surface area contributed by atoms with Gasteiger partial charge in [0.15, 0.2) is 4.47 Å². The Morgan fingerprint density at radius 3 is 2.83 bits per heavy atom. The first-order valence-electron chi connectivity index (χ1n) is 7.87. The molecule has 0 unspecified atom stereocenters. The van der Waals surface area contributed by atoms with Gasteiger partial charge in [0.05, 0.1) is 17.9 Å². The molecule has 0 aliphatic heterocycles. The molecule has 23 heavy (non-hydrogen) atoms. The summed E-state index contributed by atoms with van der Waals surface area (Å²) in [7, 11) is 0. The van der Waals surface area contributed by atoms with Gasteiger partial charge in [-0.25, -0.2) is 4.98 Å². The molecule has 1 aromatic heterocycles. The van der Waals surface area contributed by atoms with Gasteiger partial charge in [-0.1, -0.05) is 30.5 Å². The second-order valence-corrected chi connectivity index (χ2v) is 7.65. The molecule has 1 aliphatic rings. The van der Waals surface area contributed by atoms with Gasteiger partial charge in [0, 0.05) is 17.0 Å². The van der Waals surface area contributed by atoms with Crippen LogP contribution >= 0.6 is 22.9 Å². The summed E-state index contributed by atoms with van der Waals surface area (Å²) in [5.41, 5.74) is 2.91. The molecule has 1 amide bonds. The third-order valence-corrected chi connectivity index (χ3v) is 5.25. The Hall–Kier alpha value is -1.59. The van der Waals surface area contributed by atoms with Crippen LogP contribution in [0.5, 0.6) is 0 Å². The molecule has 0 bridgehead atoms. The average molecular weight is 350 g/mol. The van der Waals surface area contributed by atoms with Crippen LogP contribution in [-0.2, 0) is 11.3 Å². The van der Waals surface area contributed by atoms with Crippen molar-refractivity contribution in [1.82, 2.24) is 4.98 Å². The summed E-state index contributed by atoms with van der Waals surface area (Å²) < 4.78 is 0.542. The molecule has 0 radical (unpaired) electrons. The second kappa shape index (κ2) is 7.32. The highest BCUT2D eigenvalue weighted by Gasteiger charge is 2.23. The van der Waals surface area contributed by atoms with Crippen LogP contribution < -0.4 is 10.6 Å². The molecule has 1 fully saturated rings. The van der Waals surface area contributed by atoms with E-state index in [4.69, 9.17) is 11.6 Å². The summed E-state index contributed by atoms with van der Waals surface area (Å²) in [4.78, 5) is 17.5. The van der Waals surface area contributed by atoms with Gasteiger partial charge in [0.1, 0.15) is 0 Å². The quantitative estimate of drug-likeness (QED) is 0.811. The lowest BCUT2D eigenvalue weighted by molar-refractivity contribution is -0.119. The Balaban J connectivity index is 1.70. The number of carbonyl (C=O) groups excluding carboxylic acids is 1. The summed E-state index contributed by atoms with van der Waals surface area (Å²) in [5, 5.41) is 6.46.